The summed E-state index contributed by atoms with van der Waals surface area (Å²) in [6.45, 7) is 1.47. The molecule has 0 saturated heterocycles. The van der Waals surface area contributed by atoms with Crippen molar-refractivity contribution < 1.29 is 14.6 Å². The SMILES string of the molecule is CC(O)Oc1nccc(C2CCCCC2)c1C(N)=O. The number of nitrogens with zero attached hydrogens (tertiary/aromatic N) is 1. The summed E-state index contributed by atoms with van der Waals surface area (Å²) in [7, 11) is 0. The number of carbonyl (C=O) groups excluding carboxylic acids is 1. The monoisotopic (exact) mass is 264 g/mol. The molecule has 1 aliphatic carbocycles. The summed E-state index contributed by atoms with van der Waals surface area (Å²) in [6.07, 6.45) is 6.26. The Hall–Kier alpha value is -1.62. The number of aliphatic hydroxyl groups is 1. The van der Waals surface area contributed by atoms with Crippen LogP contribution >= 0.6 is 0 Å². The Morgan fingerprint density at radius 1 is 1.47 bits per heavy atom. The molecule has 0 aromatic carbocycles. The summed E-state index contributed by atoms with van der Waals surface area (Å²) in [5.74, 6) is -0.0921. The number of hydrogen-bond donors (Lipinski definition) is 2. The van der Waals surface area contributed by atoms with Gasteiger partial charge in [-0.25, -0.2) is 4.98 Å². The van der Waals surface area contributed by atoms with E-state index >= 15 is 0 Å². The number of aromatic nitrogens is 1. The van der Waals surface area contributed by atoms with E-state index in [0.717, 1.165) is 31.2 Å². The van der Waals surface area contributed by atoms with Crippen LogP contribution in [0.15, 0.2) is 12.3 Å². The van der Waals surface area contributed by atoms with E-state index in [1.165, 1.54) is 13.3 Å². The van der Waals surface area contributed by atoms with Gasteiger partial charge in [-0.3, -0.25) is 4.79 Å². The predicted octanol–water partition coefficient (Wildman–Crippen LogP) is 1.95. The van der Waals surface area contributed by atoms with Crippen LogP contribution in [-0.4, -0.2) is 22.3 Å². The normalized spacial score (nSPS) is 18.0. The first-order valence-electron chi connectivity index (χ1n) is 6.73. The molecule has 5 heteroatoms. The van der Waals surface area contributed by atoms with Crippen LogP contribution < -0.4 is 10.5 Å². The van der Waals surface area contributed by atoms with Crippen LogP contribution in [0.5, 0.6) is 5.88 Å². The van der Waals surface area contributed by atoms with Crippen LogP contribution in [0.25, 0.3) is 0 Å². The third-order valence-corrected chi connectivity index (χ3v) is 3.52. The zero-order chi connectivity index (χ0) is 13.8. The van der Waals surface area contributed by atoms with Crippen LogP contribution in [-0.2, 0) is 0 Å². The number of rotatable bonds is 4. The molecular weight excluding hydrogens is 244 g/mol. The van der Waals surface area contributed by atoms with Crippen molar-refractivity contribution in [1.82, 2.24) is 4.98 Å². The van der Waals surface area contributed by atoms with Crippen LogP contribution in [0.3, 0.4) is 0 Å². The van der Waals surface area contributed by atoms with Gasteiger partial charge in [0.25, 0.3) is 5.91 Å². The maximum absolute atomic E-state index is 11.7. The molecule has 1 fully saturated rings. The van der Waals surface area contributed by atoms with Crippen molar-refractivity contribution in [3.63, 3.8) is 0 Å². The second-order valence-corrected chi connectivity index (χ2v) is 5.00. The van der Waals surface area contributed by atoms with E-state index in [4.69, 9.17) is 10.5 Å². The number of amides is 1. The number of hydrogen-bond acceptors (Lipinski definition) is 4. The number of carbonyl (C=O) groups is 1. The molecular formula is C14H20N2O3. The van der Waals surface area contributed by atoms with Gasteiger partial charge in [0.05, 0.1) is 0 Å². The molecule has 1 atom stereocenters. The molecule has 0 spiro atoms. The standard InChI is InChI=1S/C14H20N2O3/c1-9(17)19-14-12(13(15)18)11(7-8-16-14)10-5-3-2-4-6-10/h7-10,17H,2-6H2,1H3,(H2,15,18). The first-order chi connectivity index (χ1) is 9.09. The van der Waals surface area contributed by atoms with Crippen molar-refractivity contribution in [3.8, 4) is 5.88 Å². The third-order valence-electron chi connectivity index (χ3n) is 3.52. The smallest absolute Gasteiger partial charge is 0.254 e. The second-order valence-electron chi connectivity index (χ2n) is 5.00. The minimum absolute atomic E-state index is 0.130. The molecule has 1 aromatic rings. The number of ether oxygens (including phenoxy) is 1. The zero-order valence-corrected chi connectivity index (χ0v) is 11.1. The number of pyridine rings is 1. The van der Waals surface area contributed by atoms with E-state index in [2.05, 4.69) is 4.98 Å². The molecule has 1 amide bonds. The summed E-state index contributed by atoms with van der Waals surface area (Å²) in [4.78, 5) is 15.7. The molecule has 104 valence electrons. The molecule has 1 aliphatic rings. The Balaban J connectivity index is 2.38. The van der Waals surface area contributed by atoms with Crippen molar-refractivity contribution >= 4 is 5.91 Å². The minimum atomic E-state index is -1.02. The minimum Gasteiger partial charge on any atom is -0.448 e. The fourth-order valence-corrected chi connectivity index (χ4v) is 2.71. The van der Waals surface area contributed by atoms with Crippen molar-refractivity contribution in [2.24, 2.45) is 5.73 Å². The Bertz CT molecular complexity index is 454. The van der Waals surface area contributed by atoms with E-state index in [1.807, 2.05) is 6.07 Å². The molecule has 1 heterocycles. The van der Waals surface area contributed by atoms with Gasteiger partial charge in [0.15, 0.2) is 6.29 Å². The highest BCUT2D eigenvalue weighted by molar-refractivity contribution is 5.96. The lowest BCUT2D eigenvalue weighted by atomic mass is 9.82. The molecule has 1 aromatic heterocycles. The van der Waals surface area contributed by atoms with Crippen LogP contribution in [0, 0.1) is 0 Å². The Morgan fingerprint density at radius 2 is 2.16 bits per heavy atom. The predicted molar refractivity (Wildman–Crippen MR) is 70.9 cm³/mol. The highest BCUT2D eigenvalue weighted by Gasteiger charge is 2.24. The molecule has 0 radical (unpaired) electrons. The fraction of sp³-hybridized carbons (Fsp3) is 0.571. The van der Waals surface area contributed by atoms with Gasteiger partial charge in [0.2, 0.25) is 5.88 Å². The summed E-state index contributed by atoms with van der Waals surface area (Å²) in [5, 5.41) is 9.30. The van der Waals surface area contributed by atoms with E-state index in [0.29, 0.717) is 11.5 Å². The molecule has 5 nitrogen and oxygen atoms in total. The topological polar surface area (TPSA) is 85.4 Å². The molecule has 0 aliphatic heterocycles. The van der Waals surface area contributed by atoms with Crippen molar-refractivity contribution in [1.29, 1.82) is 0 Å². The van der Waals surface area contributed by atoms with Crippen molar-refractivity contribution in [3.05, 3.63) is 23.4 Å². The van der Waals surface area contributed by atoms with E-state index in [-0.39, 0.29) is 5.88 Å². The molecule has 1 unspecified atom stereocenters. The lowest BCUT2D eigenvalue weighted by Crippen LogP contribution is -2.21. The first-order valence-corrected chi connectivity index (χ1v) is 6.73. The Morgan fingerprint density at radius 3 is 2.74 bits per heavy atom. The number of aliphatic hydroxyl groups excluding tert-OH is 1. The zero-order valence-electron chi connectivity index (χ0n) is 11.1. The van der Waals surface area contributed by atoms with Gasteiger partial charge in [-0.2, -0.15) is 0 Å². The summed E-state index contributed by atoms with van der Waals surface area (Å²) in [5.41, 5.74) is 6.67. The Labute approximate surface area is 112 Å². The highest BCUT2D eigenvalue weighted by Crippen LogP contribution is 2.36. The number of primary amides is 1. The third kappa shape index (κ3) is 3.23. The number of nitrogens with two attached hydrogens (primary N) is 1. The van der Waals surface area contributed by atoms with Crippen molar-refractivity contribution in [2.45, 2.75) is 51.2 Å². The van der Waals surface area contributed by atoms with Gasteiger partial charge in [0.1, 0.15) is 5.56 Å². The van der Waals surface area contributed by atoms with E-state index < -0.39 is 12.2 Å². The molecule has 2 rings (SSSR count). The van der Waals surface area contributed by atoms with E-state index in [9.17, 15) is 9.90 Å². The van der Waals surface area contributed by atoms with Gasteiger partial charge in [-0.05, 0) is 37.3 Å². The lowest BCUT2D eigenvalue weighted by molar-refractivity contribution is -0.00427. The van der Waals surface area contributed by atoms with Gasteiger partial charge in [-0.15, -0.1) is 0 Å². The fourth-order valence-electron chi connectivity index (χ4n) is 2.71. The second kappa shape index (κ2) is 6.02. The lowest BCUT2D eigenvalue weighted by Gasteiger charge is -2.24. The maximum atomic E-state index is 11.7. The average molecular weight is 264 g/mol. The van der Waals surface area contributed by atoms with Crippen molar-refractivity contribution in [2.75, 3.05) is 0 Å². The summed E-state index contributed by atoms with van der Waals surface area (Å²) in [6, 6.07) is 1.84. The maximum Gasteiger partial charge on any atom is 0.254 e. The molecule has 3 N–H and O–H groups in total. The van der Waals surface area contributed by atoms with Gasteiger partial charge in [-0.1, -0.05) is 19.3 Å². The molecule has 1 saturated carbocycles. The highest BCUT2D eigenvalue weighted by atomic mass is 16.6. The van der Waals surface area contributed by atoms with Gasteiger partial charge in [0, 0.05) is 6.20 Å². The first kappa shape index (κ1) is 13.8. The quantitative estimate of drug-likeness (QED) is 0.814. The van der Waals surface area contributed by atoms with Gasteiger partial charge >= 0.3 is 0 Å². The Kier molecular flexibility index (Phi) is 4.37. The molecule has 19 heavy (non-hydrogen) atoms. The van der Waals surface area contributed by atoms with Gasteiger partial charge < -0.3 is 15.6 Å². The van der Waals surface area contributed by atoms with Crippen LogP contribution in [0.2, 0.25) is 0 Å². The molecule has 0 bridgehead atoms. The summed E-state index contributed by atoms with van der Waals surface area (Å²) < 4.78 is 5.18. The van der Waals surface area contributed by atoms with Crippen LogP contribution in [0.4, 0.5) is 0 Å². The van der Waals surface area contributed by atoms with E-state index in [1.54, 1.807) is 6.20 Å². The average Bonchev–Trinajstić information content (AvgIpc) is 2.38. The van der Waals surface area contributed by atoms with Crippen LogP contribution in [0.1, 0.15) is 60.9 Å². The largest absolute Gasteiger partial charge is 0.448 e. The summed E-state index contributed by atoms with van der Waals surface area (Å²) >= 11 is 0.